The molecule has 27 heavy (non-hydrogen) atoms. The molecule has 7 nitrogen and oxygen atoms in total. The number of amides is 1. The van der Waals surface area contributed by atoms with Crippen molar-refractivity contribution in [3.8, 4) is 5.75 Å². The first-order valence-electron chi connectivity index (χ1n) is 8.39. The molecule has 0 saturated carbocycles. The van der Waals surface area contributed by atoms with Crippen LogP contribution in [0.1, 0.15) is 38.3 Å². The summed E-state index contributed by atoms with van der Waals surface area (Å²) in [6, 6.07) is 2.99. The van der Waals surface area contributed by atoms with Crippen LogP contribution in [0, 0.1) is 13.8 Å². The van der Waals surface area contributed by atoms with E-state index in [0.29, 0.717) is 10.9 Å². The van der Waals surface area contributed by atoms with Crippen molar-refractivity contribution in [2.45, 2.75) is 46.6 Å². The van der Waals surface area contributed by atoms with E-state index in [4.69, 9.17) is 25.5 Å². The predicted octanol–water partition coefficient (Wildman–Crippen LogP) is 3.88. The molecule has 0 aliphatic rings. The predicted molar refractivity (Wildman–Crippen MR) is 101 cm³/mol. The number of nitrogens with one attached hydrogen (secondary N) is 1. The maximum absolute atomic E-state index is 12.0. The second-order valence-corrected chi connectivity index (χ2v) is 7.48. The number of carbonyl (C=O) groups is 2. The number of hydrogen-bond acceptors (Lipinski definition) is 6. The summed E-state index contributed by atoms with van der Waals surface area (Å²) in [4.78, 5) is 35.3. The zero-order valence-corrected chi connectivity index (χ0v) is 16.7. The van der Waals surface area contributed by atoms with E-state index in [2.05, 4.69) is 5.32 Å². The minimum absolute atomic E-state index is 0.0479. The van der Waals surface area contributed by atoms with E-state index < -0.39 is 23.3 Å². The number of carbonyl (C=O) groups excluding carboxylic acids is 2. The Labute approximate surface area is 161 Å². The third-order valence-corrected chi connectivity index (χ3v) is 4.03. The normalized spacial score (nSPS) is 11.3. The second-order valence-electron chi connectivity index (χ2n) is 7.07. The molecular formula is C19H22ClNO6. The van der Waals surface area contributed by atoms with Crippen LogP contribution in [0.5, 0.6) is 5.75 Å². The number of fused-ring (bicyclic) bond motifs is 1. The zero-order chi connectivity index (χ0) is 20.4. The summed E-state index contributed by atoms with van der Waals surface area (Å²) in [5, 5.41) is 3.35. The largest absolute Gasteiger partial charge is 0.444 e. The van der Waals surface area contributed by atoms with Crippen LogP contribution < -0.4 is 15.7 Å². The van der Waals surface area contributed by atoms with Gasteiger partial charge >= 0.3 is 17.7 Å². The number of halogens is 1. The van der Waals surface area contributed by atoms with Gasteiger partial charge in [-0.3, -0.25) is 4.79 Å². The molecule has 1 aromatic heterocycles. The smallest absolute Gasteiger partial charge is 0.407 e. The summed E-state index contributed by atoms with van der Waals surface area (Å²) >= 11 is 6.18. The Bertz CT molecular complexity index is 942. The van der Waals surface area contributed by atoms with Gasteiger partial charge in [-0.2, -0.15) is 0 Å². The molecule has 1 amide bonds. The third kappa shape index (κ3) is 5.47. The highest BCUT2D eigenvalue weighted by Crippen LogP contribution is 2.32. The van der Waals surface area contributed by atoms with Crippen molar-refractivity contribution >= 4 is 34.6 Å². The van der Waals surface area contributed by atoms with E-state index in [1.165, 1.54) is 6.07 Å². The van der Waals surface area contributed by atoms with Gasteiger partial charge < -0.3 is 19.2 Å². The molecule has 0 atom stereocenters. The SMILES string of the molecule is Cc1c(C)c2cc(Cl)c(OC(=O)CCNC(=O)OC(C)(C)C)cc2oc1=O. The van der Waals surface area contributed by atoms with Gasteiger partial charge in [0.2, 0.25) is 0 Å². The number of benzene rings is 1. The van der Waals surface area contributed by atoms with Gasteiger partial charge in [-0.25, -0.2) is 9.59 Å². The van der Waals surface area contributed by atoms with Gasteiger partial charge in [0, 0.05) is 23.6 Å². The van der Waals surface area contributed by atoms with E-state index in [9.17, 15) is 14.4 Å². The van der Waals surface area contributed by atoms with Gasteiger partial charge in [-0.15, -0.1) is 0 Å². The molecule has 1 N–H and O–H groups in total. The molecule has 2 aromatic rings. The van der Waals surface area contributed by atoms with Crippen molar-refractivity contribution in [3.63, 3.8) is 0 Å². The van der Waals surface area contributed by atoms with Crippen LogP contribution in [-0.2, 0) is 9.53 Å². The summed E-state index contributed by atoms with van der Waals surface area (Å²) in [5.41, 5.74) is 0.450. The maximum atomic E-state index is 12.0. The Morgan fingerprint density at radius 2 is 1.85 bits per heavy atom. The minimum atomic E-state index is -0.621. The minimum Gasteiger partial charge on any atom is -0.444 e. The highest BCUT2D eigenvalue weighted by molar-refractivity contribution is 6.33. The fourth-order valence-electron chi connectivity index (χ4n) is 2.28. The van der Waals surface area contributed by atoms with Gasteiger partial charge in [0.25, 0.3) is 0 Å². The summed E-state index contributed by atoms with van der Waals surface area (Å²) < 4.78 is 15.5. The Balaban J connectivity index is 2.04. The average Bonchev–Trinajstić information content (AvgIpc) is 2.53. The number of ether oxygens (including phenoxy) is 2. The molecule has 0 aliphatic heterocycles. The first-order valence-corrected chi connectivity index (χ1v) is 8.77. The average molecular weight is 396 g/mol. The van der Waals surface area contributed by atoms with Crippen LogP contribution in [-0.4, -0.2) is 24.2 Å². The van der Waals surface area contributed by atoms with Crippen LogP contribution >= 0.6 is 11.6 Å². The van der Waals surface area contributed by atoms with Crippen molar-refractivity contribution in [3.05, 3.63) is 38.7 Å². The second kappa shape index (κ2) is 8.00. The molecule has 0 unspecified atom stereocenters. The highest BCUT2D eigenvalue weighted by Gasteiger charge is 2.17. The lowest BCUT2D eigenvalue weighted by Crippen LogP contribution is -2.34. The third-order valence-electron chi connectivity index (χ3n) is 3.73. The van der Waals surface area contributed by atoms with Crippen LogP contribution in [0.25, 0.3) is 11.0 Å². The molecule has 0 fully saturated rings. The monoisotopic (exact) mass is 395 g/mol. The highest BCUT2D eigenvalue weighted by atomic mass is 35.5. The fraction of sp³-hybridized carbons (Fsp3) is 0.421. The van der Waals surface area contributed by atoms with Crippen molar-refractivity contribution < 1.29 is 23.5 Å². The van der Waals surface area contributed by atoms with E-state index in [1.807, 2.05) is 0 Å². The standard InChI is InChI=1S/C19H22ClNO6/c1-10-11(2)17(23)26-14-9-15(13(20)8-12(10)14)25-16(22)6-7-21-18(24)27-19(3,4)5/h8-9H,6-7H2,1-5H3,(H,21,24). The quantitative estimate of drug-likeness (QED) is 0.479. The lowest BCUT2D eigenvalue weighted by atomic mass is 10.1. The molecule has 0 spiro atoms. The molecule has 146 valence electrons. The van der Waals surface area contributed by atoms with Crippen LogP contribution in [0.2, 0.25) is 5.02 Å². The number of esters is 1. The van der Waals surface area contributed by atoms with Crippen molar-refractivity contribution in [1.29, 1.82) is 0 Å². The summed E-state index contributed by atoms with van der Waals surface area (Å²) in [6.07, 6.45) is -0.698. The Morgan fingerprint density at radius 3 is 2.48 bits per heavy atom. The maximum Gasteiger partial charge on any atom is 0.407 e. The zero-order valence-electron chi connectivity index (χ0n) is 15.9. The lowest BCUT2D eigenvalue weighted by Gasteiger charge is -2.19. The van der Waals surface area contributed by atoms with Crippen LogP contribution in [0.15, 0.2) is 21.3 Å². The van der Waals surface area contributed by atoms with Gasteiger partial charge in [-0.1, -0.05) is 11.6 Å². The van der Waals surface area contributed by atoms with E-state index in [1.54, 1.807) is 40.7 Å². The van der Waals surface area contributed by atoms with Gasteiger partial charge in [-0.05, 0) is 46.2 Å². The lowest BCUT2D eigenvalue weighted by molar-refractivity contribution is -0.134. The summed E-state index contributed by atoms with van der Waals surface area (Å²) in [5.74, 6) is -0.517. The Hall–Kier alpha value is -2.54. The fourth-order valence-corrected chi connectivity index (χ4v) is 2.48. The van der Waals surface area contributed by atoms with Gasteiger partial charge in [0.1, 0.15) is 11.2 Å². The van der Waals surface area contributed by atoms with Crippen molar-refractivity contribution in [1.82, 2.24) is 5.32 Å². The van der Waals surface area contributed by atoms with E-state index in [-0.39, 0.29) is 29.3 Å². The number of aryl methyl sites for hydroxylation is 1. The van der Waals surface area contributed by atoms with E-state index >= 15 is 0 Å². The number of rotatable bonds is 4. The Morgan fingerprint density at radius 1 is 1.19 bits per heavy atom. The van der Waals surface area contributed by atoms with Crippen LogP contribution in [0.4, 0.5) is 4.79 Å². The van der Waals surface area contributed by atoms with E-state index in [0.717, 1.165) is 5.56 Å². The molecule has 8 heteroatoms. The molecule has 1 aromatic carbocycles. The number of hydrogen-bond donors (Lipinski definition) is 1. The molecule has 0 saturated heterocycles. The molecule has 2 rings (SSSR count). The molecular weight excluding hydrogens is 374 g/mol. The molecule has 0 aliphatic carbocycles. The number of alkyl carbamates (subject to hydrolysis) is 1. The Kier molecular flexibility index (Phi) is 6.15. The van der Waals surface area contributed by atoms with Gasteiger partial charge in [0.05, 0.1) is 11.4 Å². The first kappa shape index (κ1) is 20.8. The summed E-state index contributed by atoms with van der Waals surface area (Å²) in [7, 11) is 0. The molecule has 0 bridgehead atoms. The summed E-state index contributed by atoms with van der Waals surface area (Å²) in [6.45, 7) is 8.73. The van der Waals surface area contributed by atoms with Crippen molar-refractivity contribution in [2.75, 3.05) is 6.54 Å². The van der Waals surface area contributed by atoms with Gasteiger partial charge in [0.15, 0.2) is 5.75 Å². The first-order chi connectivity index (χ1) is 12.5. The topological polar surface area (TPSA) is 94.8 Å². The molecule has 1 heterocycles. The molecule has 0 radical (unpaired) electrons. The van der Waals surface area contributed by atoms with Crippen molar-refractivity contribution in [2.24, 2.45) is 0 Å². The van der Waals surface area contributed by atoms with Crippen LogP contribution in [0.3, 0.4) is 0 Å².